The third kappa shape index (κ3) is 2.28. The standard InChI is InChI=1S/C10H18N4O3S/c1-7-6-17-8(2)5-14(7)18(15,16)10-9(3-11)4-12-13-10/h4,7-8H,3,5-6,11H2,1-2H3,(H,12,13). The first-order valence-electron chi connectivity index (χ1n) is 5.82. The Morgan fingerprint density at radius 1 is 1.61 bits per heavy atom. The van der Waals surface area contributed by atoms with E-state index < -0.39 is 10.0 Å². The molecular weight excluding hydrogens is 256 g/mol. The number of nitrogens with two attached hydrogens (primary N) is 1. The minimum atomic E-state index is -3.59. The summed E-state index contributed by atoms with van der Waals surface area (Å²) in [6, 6.07) is -0.194. The van der Waals surface area contributed by atoms with Crippen molar-refractivity contribution in [1.82, 2.24) is 14.5 Å². The van der Waals surface area contributed by atoms with Gasteiger partial charge in [-0.2, -0.15) is 9.40 Å². The topological polar surface area (TPSA) is 101 Å². The van der Waals surface area contributed by atoms with Gasteiger partial charge in [-0.15, -0.1) is 0 Å². The smallest absolute Gasteiger partial charge is 0.260 e. The van der Waals surface area contributed by atoms with Crippen LogP contribution in [0.4, 0.5) is 0 Å². The molecule has 1 fully saturated rings. The van der Waals surface area contributed by atoms with Gasteiger partial charge in [0.05, 0.1) is 18.9 Å². The number of aromatic nitrogens is 2. The zero-order valence-corrected chi connectivity index (χ0v) is 11.3. The van der Waals surface area contributed by atoms with E-state index in [0.717, 1.165) is 0 Å². The molecule has 2 heterocycles. The highest BCUT2D eigenvalue weighted by Crippen LogP contribution is 2.23. The van der Waals surface area contributed by atoms with Crippen molar-refractivity contribution < 1.29 is 13.2 Å². The highest BCUT2D eigenvalue weighted by atomic mass is 32.2. The van der Waals surface area contributed by atoms with Gasteiger partial charge in [0, 0.05) is 24.7 Å². The number of H-pyrrole nitrogens is 1. The third-order valence-corrected chi connectivity index (χ3v) is 5.01. The van der Waals surface area contributed by atoms with Crippen LogP contribution in [0.2, 0.25) is 0 Å². The lowest BCUT2D eigenvalue weighted by Gasteiger charge is -2.35. The molecule has 1 aromatic rings. The quantitative estimate of drug-likeness (QED) is 0.785. The SMILES string of the molecule is CC1CN(S(=O)(=O)c2[nH]ncc2CN)C(C)CO1. The summed E-state index contributed by atoms with van der Waals surface area (Å²) < 4.78 is 31.9. The fourth-order valence-electron chi connectivity index (χ4n) is 1.99. The van der Waals surface area contributed by atoms with Crippen LogP contribution in [-0.2, 0) is 21.3 Å². The van der Waals surface area contributed by atoms with E-state index in [0.29, 0.717) is 18.7 Å². The molecule has 0 radical (unpaired) electrons. The molecule has 18 heavy (non-hydrogen) atoms. The van der Waals surface area contributed by atoms with Crippen LogP contribution in [-0.4, -0.2) is 48.2 Å². The molecule has 0 saturated carbocycles. The molecule has 1 aliphatic rings. The lowest BCUT2D eigenvalue weighted by atomic mass is 10.2. The van der Waals surface area contributed by atoms with E-state index in [1.807, 2.05) is 13.8 Å². The summed E-state index contributed by atoms with van der Waals surface area (Å²) in [4.78, 5) is 0. The van der Waals surface area contributed by atoms with E-state index in [1.54, 1.807) is 0 Å². The largest absolute Gasteiger partial charge is 0.375 e. The summed E-state index contributed by atoms with van der Waals surface area (Å²) in [6.07, 6.45) is 1.33. The lowest BCUT2D eigenvalue weighted by molar-refractivity contribution is -0.0171. The van der Waals surface area contributed by atoms with Crippen LogP contribution in [0, 0.1) is 0 Å². The fourth-order valence-corrected chi connectivity index (χ4v) is 3.80. The van der Waals surface area contributed by atoms with E-state index in [-0.39, 0.29) is 23.7 Å². The normalized spacial score (nSPS) is 26.4. The summed E-state index contributed by atoms with van der Waals surface area (Å²) in [6.45, 7) is 4.55. The molecule has 0 amide bonds. The van der Waals surface area contributed by atoms with Crippen molar-refractivity contribution >= 4 is 10.0 Å². The van der Waals surface area contributed by atoms with E-state index in [9.17, 15) is 8.42 Å². The van der Waals surface area contributed by atoms with Crippen LogP contribution in [0.25, 0.3) is 0 Å². The molecule has 102 valence electrons. The van der Waals surface area contributed by atoms with Gasteiger partial charge >= 0.3 is 0 Å². The van der Waals surface area contributed by atoms with Crippen LogP contribution < -0.4 is 5.73 Å². The van der Waals surface area contributed by atoms with Crippen molar-refractivity contribution in [3.8, 4) is 0 Å². The Bertz CT molecular complexity index is 513. The van der Waals surface area contributed by atoms with Crippen LogP contribution in [0.1, 0.15) is 19.4 Å². The zero-order valence-electron chi connectivity index (χ0n) is 10.5. The summed E-state index contributed by atoms with van der Waals surface area (Å²) >= 11 is 0. The van der Waals surface area contributed by atoms with Gasteiger partial charge in [0.2, 0.25) is 0 Å². The minimum Gasteiger partial charge on any atom is -0.375 e. The predicted octanol–water partition coefficient (Wildman–Crippen LogP) is -0.334. The molecule has 1 aromatic heterocycles. The molecule has 0 aliphatic carbocycles. The Labute approximate surface area is 106 Å². The number of ether oxygens (including phenoxy) is 1. The van der Waals surface area contributed by atoms with Gasteiger partial charge < -0.3 is 10.5 Å². The first-order chi connectivity index (χ1) is 8.46. The highest BCUT2D eigenvalue weighted by Gasteiger charge is 2.36. The molecule has 8 heteroatoms. The predicted molar refractivity (Wildman–Crippen MR) is 65.2 cm³/mol. The Hall–Kier alpha value is -0.960. The molecule has 0 bridgehead atoms. The first-order valence-corrected chi connectivity index (χ1v) is 7.26. The van der Waals surface area contributed by atoms with Crippen molar-refractivity contribution in [3.63, 3.8) is 0 Å². The number of aromatic amines is 1. The highest BCUT2D eigenvalue weighted by molar-refractivity contribution is 7.89. The van der Waals surface area contributed by atoms with E-state index >= 15 is 0 Å². The molecule has 2 atom stereocenters. The second-order valence-corrected chi connectivity index (χ2v) is 6.32. The summed E-state index contributed by atoms with van der Waals surface area (Å²) in [5, 5.41) is 6.37. The maximum absolute atomic E-state index is 12.5. The monoisotopic (exact) mass is 274 g/mol. The maximum Gasteiger partial charge on any atom is 0.260 e. The van der Waals surface area contributed by atoms with Crippen molar-refractivity contribution in [2.75, 3.05) is 13.2 Å². The Kier molecular flexibility index (Phi) is 3.71. The van der Waals surface area contributed by atoms with Gasteiger partial charge in [-0.3, -0.25) is 5.10 Å². The maximum atomic E-state index is 12.5. The molecule has 1 aliphatic heterocycles. The molecule has 2 rings (SSSR count). The third-order valence-electron chi connectivity index (χ3n) is 3.02. The van der Waals surface area contributed by atoms with Gasteiger partial charge in [-0.25, -0.2) is 8.42 Å². The molecule has 0 aromatic carbocycles. The lowest BCUT2D eigenvalue weighted by Crippen LogP contribution is -2.50. The number of nitrogens with zero attached hydrogens (tertiary/aromatic N) is 2. The van der Waals surface area contributed by atoms with E-state index in [1.165, 1.54) is 10.5 Å². The molecule has 3 N–H and O–H groups in total. The average molecular weight is 274 g/mol. The van der Waals surface area contributed by atoms with Gasteiger partial charge in [-0.05, 0) is 13.8 Å². The fraction of sp³-hybridized carbons (Fsp3) is 0.700. The van der Waals surface area contributed by atoms with Crippen LogP contribution in [0.15, 0.2) is 11.2 Å². The van der Waals surface area contributed by atoms with Crippen LogP contribution >= 0.6 is 0 Å². The minimum absolute atomic E-state index is 0.0888. The summed E-state index contributed by atoms with van der Waals surface area (Å²) in [5.74, 6) is 0. The molecule has 1 saturated heterocycles. The zero-order chi connectivity index (χ0) is 13.3. The van der Waals surface area contributed by atoms with Crippen LogP contribution in [0.3, 0.4) is 0 Å². The Morgan fingerprint density at radius 3 is 3.00 bits per heavy atom. The number of hydrogen-bond donors (Lipinski definition) is 2. The number of morpholine rings is 1. The average Bonchev–Trinajstić information content (AvgIpc) is 2.81. The number of sulfonamides is 1. The summed E-state index contributed by atoms with van der Waals surface area (Å²) in [5.41, 5.74) is 6.02. The van der Waals surface area contributed by atoms with Gasteiger partial charge in [0.25, 0.3) is 10.0 Å². The van der Waals surface area contributed by atoms with Crippen molar-refractivity contribution in [3.05, 3.63) is 11.8 Å². The van der Waals surface area contributed by atoms with Gasteiger partial charge in [0.15, 0.2) is 5.03 Å². The van der Waals surface area contributed by atoms with Crippen molar-refractivity contribution in [2.24, 2.45) is 5.73 Å². The molecule has 7 nitrogen and oxygen atoms in total. The van der Waals surface area contributed by atoms with E-state index in [4.69, 9.17) is 10.5 Å². The summed E-state index contributed by atoms with van der Waals surface area (Å²) in [7, 11) is -3.59. The first kappa shape index (κ1) is 13.5. The van der Waals surface area contributed by atoms with Gasteiger partial charge in [0.1, 0.15) is 0 Å². The Balaban J connectivity index is 2.36. The van der Waals surface area contributed by atoms with Crippen molar-refractivity contribution in [2.45, 2.75) is 37.6 Å². The molecule has 0 spiro atoms. The number of rotatable bonds is 3. The van der Waals surface area contributed by atoms with E-state index in [2.05, 4.69) is 10.2 Å². The van der Waals surface area contributed by atoms with Crippen LogP contribution in [0.5, 0.6) is 0 Å². The molecule has 2 unspecified atom stereocenters. The number of nitrogens with one attached hydrogen (secondary N) is 1. The second-order valence-electron chi connectivity index (χ2n) is 4.50. The number of hydrogen-bond acceptors (Lipinski definition) is 5. The molecular formula is C10H18N4O3S. The Morgan fingerprint density at radius 2 is 2.33 bits per heavy atom. The second kappa shape index (κ2) is 4.96. The van der Waals surface area contributed by atoms with Crippen molar-refractivity contribution in [1.29, 1.82) is 0 Å². The van der Waals surface area contributed by atoms with Gasteiger partial charge in [-0.1, -0.05) is 0 Å².